The second kappa shape index (κ2) is 15.0. The summed E-state index contributed by atoms with van der Waals surface area (Å²) < 4.78 is 2.39. The highest BCUT2D eigenvalue weighted by Gasteiger charge is 2.28. The summed E-state index contributed by atoms with van der Waals surface area (Å²) in [5, 5.41) is 7.61. The van der Waals surface area contributed by atoms with Gasteiger partial charge in [0.25, 0.3) is 0 Å². The number of aromatic nitrogens is 1. The Morgan fingerprint density at radius 1 is 0.403 bits per heavy atom. The lowest BCUT2D eigenvalue weighted by atomic mass is 9.80. The first kappa shape index (κ1) is 36.0. The number of hydrogen-bond donors (Lipinski definition) is 0. The fraction of sp³-hybridized carbons (Fsp3) is 0.0333. The number of anilines is 2. The average molecular weight is 791 g/mol. The Kier molecular flexibility index (Phi) is 8.67. The SMILES string of the molecule is C1=CC2CC(c3ccc4c(c3)c3ccccc3n4-c3ccccc3)=CC=C2C(N(c2ccccc2)c2ccc(-c3c4ccccc4c(-c4ccccc4)c4ccccc34)cc2)=C1. The summed E-state index contributed by atoms with van der Waals surface area (Å²) >= 11 is 0. The van der Waals surface area contributed by atoms with E-state index in [9.17, 15) is 0 Å². The molecule has 1 atom stereocenters. The fourth-order valence-electron chi connectivity index (χ4n) is 10.1. The predicted octanol–water partition coefficient (Wildman–Crippen LogP) is 16.0. The lowest BCUT2D eigenvalue weighted by Gasteiger charge is -2.35. The molecule has 0 bridgehead atoms. The molecule has 2 aliphatic carbocycles. The van der Waals surface area contributed by atoms with Crippen molar-refractivity contribution in [2.24, 2.45) is 5.92 Å². The number of fused-ring (bicyclic) bond motifs is 6. The quantitative estimate of drug-likeness (QED) is 0.146. The summed E-state index contributed by atoms with van der Waals surface area (Å²) in [5.41, 5.74) is 16.1. The second-order valence-electron chi connectivity index (χ2n) is 16.4. The van der Waals surface area contributed by atoms with Crippen molar-refractivity contribution in [1.82, 2.24) is 4.57 Å². The van der Waals surface area contributed by atoms with E-state index in [0.717, 1.165) is 17.8 Å². The van der Waals surface area contributed by atoms with Gasteiger partial charge in [0.2, 0.25) is 0 Å². The Bertz CT molecular complexity index is 3400. The largest absolute Gasteiger partial charge is 0.310 e. The first-order valence-corrected chi connectivity index (χ1v) is 21.6. The highest BCUT2D eigenvalue weighted by Crippen LogP contribution is 2.46. The van der Waals surface area contributed by atoms with E-state index >= 15 is 0 Å². The minimum absolute atomic E-state index is 0.253. The predicted molar refractivity (Wildman–Crippen MR) is 263 cm³/mol. The van der Waals surface area contributed by atoms with E-state index in [1.807, 2.05) is 0 Å². The molecule has 9 aromatic carbocycles. The Balaban J connectivity index is 0.938. The maximum Gasteiger partial charge on any atom is 0.0541 e. The normalized spacial score (nSPS) is 14.8. The molecule has 1 heterocycles. The molecule has 62 heavy (non-hydrogen) atoms. The summed E-state index contributed by atoms with van der Waals surface area (Å²) in [6.07, 6.45) is 12.6. The molecule has 0 spiro atoms. The van der Waals surface area contributed by atoms with Gasteiger partial charge < -0.3 is 9.47 Å². The lowest BCUT2D eigenvalue weighted by Crippen LogP contribution is -2.23. The van der Waals surface area contributed by atoms with Crippen molar-refractivity contribution < 1.29 is 0 Å². The van der Waals surface area contributed by atoms with Gasteiger partial charge in [-0.2, -0.15) is 0 Å². The molecule has 2 nitrogen and oxygen atoms in total. The van der Waals surface area contributed by atoms with Crippen LogP contribution in [-0.4, -0.2) is 4.57 Å². The van der Waals surface area contributed by atoms with Gasteiger partial charge in [0.05, 0.1) is 11.0 Å². The van der Waals surface area contributed by atoms with E-state index in [0.29, 0.717) is 0 Å². The minimum atomic E-state index is 0.253. The Hall–Kier alpha value is -7.94. The van der Waals surface area contributed by atoms with Gasteiger partial charge in [0.15, 0.2) is 0 Å². The van der Waals surface area contributed by atoms with Crippen molar-refractivity contribution >= 4 is 60.3 Å². The summed E-state index contributed by atoms with van der Waals surface area (Å²) in [7, 11) is 0. The van der Waals surface area contributed by atoms with Crippen molar-refractivity contribution in [3.8, 4) is 27.9 Å². The third-order valence-electron chi connectivity index (χ3n) is 12.9. The molecule has 10 aromatic rings. The molecule has 2 heteroatoms. The van der Waals surface area contributed by atoms with Crippen LogP contribution in [0.2, 0.25) is 0 Å². The van der Waals surface area contributed by atoms with Crippen LogP contribution >= 0.6 is 0 Å². The number of allylic oxidation sites excluding steroid dienone is 7. The van der Waals surface area contributed by atoms with Crippen LogP contribution < -0.4 is 4.90 Å². The van der Waals surface area contributed by atoms with E-state index < -0.39 is 0 Å². The number of nitrogens with zero attached hydrogens (tertiary/aromatic N) is 2. The average Bonchev–Trinajstić information content (AvgIpc) is 3.68. The summed E-state index contributed by atoms with van der Waals surface area (Å²) in [6, 6.07) is 75.1. The van der Waals surface area contributed by atoms with Crippen LogP contribution in [0.4, 0.5) is 11.4 Å². The van der Waals surface area contributed by atoms with Crippen molar-refractivity contribution in [2.75, 3.05) is 4.90 Å². The van der Waals surface area contributed by atoms with E-state index in [4.69, 9.17) is 0 Å². The Morgan fingerprint density at radius 2 is 0.919 bits per heavy atom. The van der Waals surface area contributed by atoms with Crippen LogP contribution in [0.3, 0.4) is 0 Å². The van der Waals surface area contributed by atoms with Gasteiger partial charge in [-0.05, 0) is 128 Å². The van der Waals surface area contributed by atoms with Crippen molar-refractivity contribution in [3.63, 3.8) is 0 Å². The highest BCUT2D eigenvalue weighted by molar-refractivity contribution is 6.21. The molecular formula is C60H42N2. The number of para-hydroxylation sites is 3. The standard InChI is InChI=1S/C60H42N2/c1-4-17-41(18-5-1)59-51-25-10-12-27-53(51)60(54-28-13-11-26-52(54)59)42-31-35-48(36-32-42)61(46-20-6-2-7-21-46)56-30-16-19-45-39-43(33-37-49(45)56)44-34-38-58-55(40-44)50-24-14-15-29-57(50)62(58)47-22-8-3-9-23-47/h1-38,40,45H,39H2. The molecule has 12 rings (SSSR count). The Labute approximate surface area is 362 Å². The van der Waals surface area contributed by atoms with Gasteiger partial charge in [0, 0.05) is 39.4 Å². The van der Waals surface area contributed by atoms with Crippen LogP contribution in [0.25, 0.3) is 76.9 Å². The maximum absolute atomic E-state index is 2.43. The van der Waals surface area contributed by atoms with Gasteiger partial charge >= 0.3 is 0 Å². The summed E-state index contributed by atoms with van der Waals surface area (Å²) in [4.78, 5) is 2.43. The molecule has 1 aromatic heterocycles. The molecule has 0 radical (unpaired) electrons. The van der Waals surface area contributed by atoms with Crippen molar-refractivity contribution in [2.45, 2.75) is 6.42 Å². The Morgan fingerprint density at radius 3 is 1.58 bits per heavy atom. The third kappa shape index (κ3) is 5.95. The zero-order valence-electron chi connectivity index (χ0n) is 34.2. The topological polar surface area (TPSA) is 8.17 Å². The van der Waals surface area contributed by atoms with E-state index in [2.05, 4.69) is 246 Å². The molecule has 1 unspecified atom stereocenters. The lowest BCUT2D eigenvalue weighted by molar-refractivity contribution is 0.770. The van der Waals surface area contributed by atoms with Crippen LogP contribution in [0.15, 0.2) is 248 Å². The van der Waals surface area contributed by atoms with Crippen LogP contribution in [0.5, 0.6) is 0 Å². The van der Waals surface area contributed by atoms with E-state index in [1.54, 1.807) is 0 Å². The molecule has 292 valence electrons. The second-order valence-corrected chi connectivity index (χ2v) is 16.4. The third-order valence-corrected chi connectivity index (χ3v) is 12.9. The van der Waals surface area contributed by atoms with Crippen molar-refractivity contribution in [1.29, 1.82) is 0 Å². The molecular weight excluding hydrogens is 749 g/mol. The molecule has 0 fully saturated rings. The molecule has 2 aliphatic rings. The summed E-state index contributed by atoms with van der Waals surface area (Å²) in [5.74, 6) is 0.253. The summed E-state index contributed by atoms with van der Waals surface area (Å²) in [6.45, 7) is 0. The van der Waals surface area contributed by atoms with Crippen LogP contribution in [0.1, 0.15) is 12.0 Å². The number of rotatable bonds is 7. The molecule has 0 aliphatic heterocycles. The maximum atomic E-state index is 2.43. The zero-order valence-corrected chi connectivity index (χ0v) is 34.2. The van der Waals surface area contributed by atoms with Gasteiger partial charge in [0.1, 0.15) is 0 Å². The highest BCUT2D eigenvalue weighted by atomic mass is 15.2. The minimum Gasteiger partial charge on any atom is -0.310 e. The number of benzene rings is 9. The van der Waals surface area contributed by atoms with Crippen LogP contribution in [0, 0.1) is 5.92 Å². The number of hydrogen-bond acceptors (Lipinski definition) is 1. The van der Waals surface area contributed by atoms with Gasteiger partial charge in [-0.3, -0.25) is 0 Å². The monoisotopic (exact) mass is 790 g/mol. The molecule has 0 amide bonds. The van der Waals surface area contributed by atoms with E-state index in [-0.39, 0.29) is 5.92 Å². The first-order valence-electron chi connectivity index (χ1n) is 21.6. The van der Waals surface area contributed by atoms with Gasteiger partial charge in [-0.25, -0.2) is 0 Å². The van der Waals surface area contributed by atoms with Crippen LogP contribution in [-0.2, 0) is 0 Å². The fourth-order valence-corrected chi connectivity index (χ4v) is 10.1. The van der Waals surface area contributed by atoms with E-state index in [1.165, 1.54) is 93.7 Å². The first-order chi connectivity index (χ1) is 30.8. The molecule has 0 saturated heterocycles. The molecule has 0 N–H and O–H groups in total. The smallest absolute Gasteiger partial charge is 0.0541 e. The zero-order chi connectivity index (χ0) is 41.0. The van der Waals surface area contributed by atoms with Crippen molar-refractivity contribution in [3.05, 3.63) is 253 Å². The van der Waals surface area contributed by atoms with Gasteiger partial charge in [-0.15, -0.1) is 0 Å². The van der Waals surface area contributed by atoms with Gasteiger partial charge in [-0.1, -0.05) is 176 Å². The molecule has 0 saturated carbocycles.